The quantitative estimate of drug-likeness (QED) is 0.696. The van der Waals surface area contributed by atoms with E-state index in [0.29, 0.717) is 19.5 Å². The minimum Gasteiger partial charge on any atom is -0.508 e. The van der Waals surface area contributed by atoms with Crippen molar-refractivity contribution in [1.29, 1.82) is 0 Å². The molecule has 0 unspecified atom stereocenters. The Balaban J connectivity index is 1.90. The van der Waals surface area contributed by atoms with Gasteiger partial charge in [-0.2, -0.15) is 0 Å². The van der Waals surface area contributed by atoms with Crippen molar-refractivity contribution in [2.24, 2.45) is 5.73 Å². The van der Waals surface area contributed by atoms with Gasteiger partial charge in [0.1, 0.15) is 5.75 Å². The van der Waals surface area contributed by atoms with E-state index in [1.807, 2.05) is 0 Å². The molecule has 0 aliphatic carbocycles. The number of phenolic OH excluding ortho intramolecular Hbond substituents is 1. The fourth-order valence-corrected chi connectivity index (χ4v) is 2.14. The van der Waals surface area contributed by atoms with Gasteiger partial charge in [-0.25, -0.2) is 0 Å². The zero-order chi connectivity index (χ0) is 13.3. The van der Waals surface area contributed by atoms with Crippen LogP contribution in [0.4, 0.5) is 0 Å². The largest absolute Gasteiger partial charge is 0.508 e. The highest BCUT2D eigenvalue weighted by Crippen LogP contribution is 2.21. The first-order valence-electron chi connectivity index (χ1n) is 5.92. The molecule has 5 nitrogen and oxygen atoms in total. The number of likely N-dealkylation sites (tertiary alicyclic amines) is 1. The Bertz CT molecular complexity index is 434. The van der Waals surface area contributed by atoms with E-state index < -0.39 is 11.6 Å². The van der Waals surface area contributed by atoms with Gasteiger partial charge in [0.05, 0.1) is 24.7 Å². The van der Waals surface area contributed by atoms with E-state index in [9.17, 15) is 9.90 Å². The highest BCUT2D eigenvalue weighted by Gasteiger charge is 2.40. The normalized spacial score (nSPS) is 19.2. The molecule has 1 atom stereocenters. The van der Waals surface area contributed by atoms with Crippen molar-refractivity contribution in [3.8, 4) is 5.75 Å². The van der Waals surface area contributed by atoms with E-state index in [0.717, 1.165) is 5.56 Å². The van der Waals surface area contributed by atoms with Gasteiger partial charge in [0, 0.05) is 0 Å². The van der Waals surface area contributed by atoms with Gasteiger partial charge in [0.2, 0.25) is 5.91 Å². The van der Waals surface area contributed by atoms with Crippen LogP contribution < -0.4 is 5.73 Å². The summed E-state index contributed by atoms with van der Waals surface area (Å²) in [6, 6.07) is 6.02. The SMILES string of the molecule is CC1(O)CN(C(=O)[C@H](N)Cc2ccc(O)cc2)C1. The van der Waals surface area contributed by atoms with Gasteiger partial charge < -0.3 is 20.8 Å². The fraction of sp³-hybridized carbons (Fsp3) is 0.462. The first-order valence-corrected chi connectivity index (χ1v) is 5.92. The zero-order valence-electron chi connectivity index (χ0n) is 10.3. The summed E-state index contributed by atoms with van der Waals surface area (Å²) in [5.41, 5.74) is 5.98. The first kappa shape index (κ1) is 12.9. The number of phenols is 1. The van der Waals surface area contributed by atoms with Crippen molar-refractivity contribution in [3.05, 3.63) is 29.8 Å². The minimum atomic E-state index is -0.770. The molecule has 1 aromatic carbocycles. The number of β-amino-alcohol motifs (C(OH)–C–C–N with tert-alkyl or cyclic N) is 1. The second-order valence-corrected chi connectivity index (χ2v) is 5.17. The lowest BCUT2D eigenvalue weighted by atomic mass is 9.95. The lowest BCUT2D eigenvalue weighted by molar-refractivity contribution is -0.153. The topological polar surface area (TPSA) is 86.8 Å². The van der Waals surface area contributed by atoms with Gasteiger partial charge >= 0.3 is 0 Å². The predicted octanol–water partition coefficient (Wildman–Crippen LogP) is -0.145. The van der Waals surface area contributed by atoms with Gasteiger partial charge in [-0.3, -0.25) is 4.79 Å². The van der Waals surface area contributed by atoms with E-state index in [1.54, 1.807) is 36.1 Å². The average molecular weight is 250 g/mol. The minimum absolute atomic E-state index is 0.144. The Morgan fingerprint density at radius 1 is 1.44 bits per heavy atom. The predicted molar refractivity (Wildman–Crippen MR) is 67.0 cm³/mol. The third-order valence-electron chi connectivity index (χ3n) is 3.08. The highest BCUT2D eigenvalue weighted by molar-refractivity contribution is 5.83. The molecule has 1 amide bonds. The number of amides is 1. The number of aromatic hydroxyl groups is 1. The molecule has 5 heteroatoms. The van der Waals surface area contributed by atoms with Gasteiger partial charge in [0.25, 0.3) is 0 Å². The first-order chi connectivity index (χ1) is 8.37. The molecular formula is C13H18N2O3. The lowest BCUT2D eigenvalue weighted by Gasteiger charge is -2.45. The van der Waals surface area contributed by atoms with Crippen LogP contribution in [-0.4, -0.2) is 45.8 Å². The van der Waals surface area contributed by atoms with E-state index in [2.05, 4.69) is 0 Å². The molecular weight excluding hydrogens is 232 g/mol. The summed E-state index contributed by atoms with van der Waals surface area (Å²) in [4.78, 5) is 13.5. The summed E-state index contributed by atoms with van der Waals surface area (Å²) in [6.45, 7) is 2.38. The van der Waals surface area contributed by atoms with E-state index in [1.165, 1.54) is 0 Å². The summed E-state index contributed by atoms with van der Waals surface area (Å²) in [5, 5.41) is 18.7. The Morgan fingerprint density at radius 3 is 2.50 bits per heavy atom. The van der Waals surface area contributed by atoms with E-state index in [-0.39, 0.29) is 11.7 Å². The number of hydrogen-bond acceptors (Lipinski definition) is 4. The number of benzene rings is 1. The average Bonchev–Trinajstić information content (AvgIpc) is 2.28. The summed E-state index contributed by atoms with van der Waals surface area (Å²) in [5.74, 6) is 0.0482. The van der Waals surface area contributed by atoms with Gasteiger partial charge in [-0.1, -0.05) is 12.1 Å². The molecule has 1 aliphatic rings. The molecule has 0 spiro atoms. The third-order valence-corrected chi connectivity index (χ3v) is 3.08. The van der Waals surface area contributed by atoms with Crippen molar-refractivity contribution in [1.82, 2.24) is 4.90 Å². The van der Waals surface area contributed by atoms with Crippen molar-refractivity contribution < 1.29 is 15.0 Å². The van der Waals surface area contributed by atoms with E-state index >= 15 is 0 Å². The fourth-order valence-electron chi connectivity index (χ4n) is 2.14. The number of aliphatic hydroxyl groups is 1. The van der Waals surface area contributed by atoms with Gasteiger partial charge in [-0.05, 0) is 31.0 Å². The summed E-state index contributed by atoms with van der Waals surface area (Å²) in [6.07, 6.45) is 0.428. The smallest absolute Gasteiger partial charge is 0.240 e. The number of nitrogens with two attached hydrogens (primary N) is 1. The maximum Gasteiger partial charge on any atom is 0.240 e. The van der Waals surface area contributed by atoms with Crippen LogP contribution in [-0.2, 0) is 11.2 Å². The molecule has 0 radical (unpaired) electrons. The van der Waals surface area contributed by atoms with E-state index in [4.69, 9.17) is 10.8 Å². The Hall–Kier alpha value is -1.59. The standard InChI is InChI=1S/C13H18N2O3/c1-13(18)7-15(8-13)12(17)11(14)6-9-2-4-10(16)5-3-9/h2-5,11,16,18H,6-8,14H2,1H3/t11-/m1/s1. The summed E-state index contributed by atoms with van der Waals surface area (Å²) < 4.78 is 0. The molecule has 0 aromatic heterocycles. The van der Waals surface area contributed by atoms with Crippen molar-refractivity contribution >= 4 is 5.91 Å². The highest BCUT2D eigenvalue weighted by atomic mass is 16.3. The molecule has 1 fully saturated rings. The number of nitrogens with zero attached hydrogens (tertiary/aromatic N) is 1. The number of carbonyl (C=O) groups excluding carboxylic acids is 1. The van der Waals surface area contributed by atoms with Crippen LogP contribution in [0.5, 0.6) is 5.75 Å². The molecule has 18 heavy (non-hydrogen) atoms. The summed E-state index contributed by atoms with van der Waals surface area (Å²) in [7, 11) is 0. The van der Waals surface area contributed by atoms with Crippen LogP contribution in [0.15, 0.2) is 24.3 Å². The number of carbonyl (C=O) groups is 1. The monoisotopic (exact) mass is 250 g/mol. The third kappa shape index (κ3) is 2.80. The van der Waals surface area contributed by atoms with Gasteiger partial charge in [0.15, 0.2) is 0 Å². The molecule has 4 N–H and O–H groups in total. The number of hydrogen-bond donors (Lipinski definition) is 3. The van der Waals surface area contributed by atoms with Crippen LogP contribution in [0, 0.1) is 0 Å². The molecule has 98 valence electrons. The van der Waals surface area contributed by atoms with Crippen LogP contribution >= 0.6 is 0 Å². The molecule has 2 rings (SSSR count). The van der Waals surface area contributed by atoms with Crippen LogP contribution in [0.1, 0.15) is 12.5 Å². The summed E-state index contributed by atoms with van der Waals surface area (Å²) >= 11 is 0. The Kier molecular flexibility index (Phi) is 3.28. The van der Waals surface area contributed by atoms with Crippen LogP contribution in [0.3, 0.4) is 0 Å². The second-order valence-electron chi connectivity index (χ2n) is 5.17. The molecule has 1 heterocycles. The van der Waals surface area contributed by atoms with Gasteiger partial charge in [-0.15, -0.1) is 0 Å². The van der Waals surface area contributed by atoms with Crippen molar-refractivity contribution in [3.63, 3.8) is 0 Å². The molecule has 0 bridgehead atoms. The molecule has 1 aliphatic heterocycles. The molecule has 1 saturated heterocycles. The molecule has 1 aromatic rings. The number of rotatable bonds is 3. The van der Waals surface area contributed by atoms with Crippen molar-refractivity contribution in [2.75, 3.05) is 13.1 Å². The van der Waals surface area contributed by atoms with Crippen LogP contribution in [0.25, 0.3) is 0 Å². The molecule has 0 saturated carbocycles. The maximum atomic E-state index is 11.9. The second kappa shape index (κ2) is 4.59. The zero-order valence-corrected chi connectivity index (χ0v) is 10.3. The lowest BCUT2D eigenvalue weighted by Crippen LogP contribution is -2.64. The Morgan fingerprint density at radius 2 is 2.00 bits per heavy atom. The maximum absolute atomic E-state index is 11.9. The van der Waals surface area contributed by atoms with Crippen molar-refractivity contribution in [2.45, 2.75) is 25.0 Å². The Labute approximate surface area is 106 Å². The van der Waals surface area contributed by atoms with Crippen LogP contribution in [0.2, 0.25) is 0 Å².